The van der Waals surface area contributed by atoms with Gasteiger partial charge < -0.3 is 19.7 Å². The molecule has 1 saturated heterocycles. The summed E-state index contributed by atoms with van der Waals surface area (Å²) in [6.45, 7) is 1.33. The van der Waals surface area contributed by atoms with E-state index in [4.69, 9.17) is 9.47 Å². The first-order chi connectivity index (χ1) is 14.1. The summed E-state index contributed by atoms with van der Waals surface area (Å²) in [5, 5.41) is 2.94. The molecule has 0 atom stereocenters. The number of amides is 2. The van der Waals surface area contributed by atoms with Crippen LogP contribution in [0.3, 0.4) is 0 Å². The van der Waals surface area contributed by atoms with E-state index in [2.05, 4.69) is 5.32 Å². The van der Waals surface area contributed by atoms with Gasteiger partial charge in [0, 0.05) is 49.7 Å². The second-order valence-corrected chi connectivity index (χ2v) is 8.06. The lowest BCUT2D eigenvalue weighted by atomic mass is 10.1. The molecule has 2 aromatic rings. The van der Waals surface area contributed by atoms with Crippen LogP contribution in [-0.2, 0) is 11.3 Å². The number of ether oxygens (including phenoxy) is 2. The quantitative estimate of drug-likeness (QED) is 0.851. The first-order valence-corrected chi connectivity index (χ1v) is 10.3. The fraction of sp³-hybridized carbons (Fsp3) is 0.391. The first-order valence-electron chi connectivity index (χ1n) is 10.3. The van der Waals surface area contributed by atoms with Crippen LogP contribution in [0.25, 0.3) is 0 Å². The Hall–Kier alpha value is -3.02. The Kier molecular flexibility index (Phi) is 4.42. The van der Waals surface area contributed by atoms with Crippen LogP contribution in [0.4, 0.5) is 5.69 Å². The highest BCUT2D eigenvalue weighted by Crippen LogP contribution is 2.47. The van der Waals surface area contributed by atoms with Gasteiger partial charge in [0.2, 0.25) is 5.91 Å². The van der Waals surface area contributed by atoms with Gasteiger partial charge in [-0.2, -0.15) is 0 Å². The van der Waals surface area contributed by atoms with E-state index in [-0.39, 0.29) is 11.8 Å². The Morgan fingerprint density at radius 3 is 2.66 bits per heavy atom. The molecular formula is C23H24N2O4. The van der Waals surface area contributed by atoms with Gasteiger partial charge in [-0.3, -0.25) is 9.59 Å². The van der Waals surface area contributed by atoms with Gasteiger partial charge in [-0.05, 0) is 49.1 Å². The van der Waals surface area contributed by atoms with Gasteiger partial charge in [-0.25, -0.2) is 0 Å². The third-order valence-corrected chi connectivity index (χ3v) is 5.89. The zero-order chi connectivity index (χ0) is 19.8. The fourth-order valence-corrected chi connectivity index (χ4v) is 4.40. The SMILES string of the molecule is O=C(Nc1ccc2c(c1)OC1(CCCC1)O2)c1cccc(CN2CCCC2=O)c1. The van der Waals surface area contributed by atoms with E-state index in [1.165, 1.54) is 0 Å². The summed E-state index contributed by atoms with van der Waals surface area (Å²) in [5.74, 6) is 0.911. The highest BCUT2D eigenvalue weighted by molar-refractivity contribution is 6.04. The van der Waals surface area contributed by atoms with Gasteiger partial charge in [0.1, 0.15) is 0 Å². The lowest BCUT2D eigenvalue weighted by molar-refractivity contribution is -0.128. The number of hydrogen-bond acceptors (Lipinski definition) is 4. The third kappa shape index (κ3) is 3.55. The van der Waals surface area contributed by atoms with Crippen molar-refractivity contribution in [1.29, 1.82) is 0 Å². The predicted octanol–water partition coefficient (Wildman–Crippen LogP) is 4.10. The molecule has 2 amide bonds. The molecule has 3 aliphatic rings. The molecule has 2 fully saturated rings. The highest BCUT2D eigenvalue weighted by atomic mass is 16.7. The lowest BCUT2D eigenvalue weighted by Gasteiger charge is -2.21. The molecule has 2 heterocycles. The molecule has 150 valence electrons. The second-order valence-electron chi connectivity index (χ2n) is 8.06. The molecule has 1 aliphatic carbocycles. The summed E-state index contributed by atoms with van der Waals surface area (Å²) in [6, 6.07) is 13.0. The van der Waals surface area contributed by atoms with Gasteiger partial charge in [-0.1, -0.05) is 12.1 Å². The molecule has 0 unspecified atom stereocenters. The van der Waals surface area contributed by atoms with E-state index in [0.717, 1.165) is 50.0 Å². The predicted molar refractivity (Wildman–Crippen MR) is 108 cm³/mol. The minimum atomic E-state index is -0.508. The smallest absolute Gasteiger partial charge is 0.255 e. The molecular weight excluding hydrogens is 368 g/mol. The Morgan fingerprint density at radius 1 is 1.03 bits per heavy atom. The largest absolute Gasteiger partial charge is 0.448 e. The van der Waals surface area contributed by atoms with Crippen molar-refractivity contribution >= 4 is 17.5 Å². The van der Waals surface area contributed by atoms with Gasteiger partial charge in [-0.15, -0.1) is 0 Å². The minimum absolute atomic E-state index is 0.181. The average Bonchev–Trinajstić information content (AvgIpc) is 3.43. The summed E-state index contributed by atoms with van der Waals surface area (Å²) < 4.78 is 12.1. The van der Waals surface area contributed by atoms with Crippen molar-refractivity contribution in [3.63, 3.8) is 0 Å². The molecule has 1 N–H and O–H groups in total. The van der Waals surface area contributed by atoms with Gasteiger partial charge in [0.15, 0.2) is 11.5 Å². The maximum atomic E-state index is 12.8. The van der Waals surface area contributed by atoms with Crippen molar-refractivity contribution in [2.75, 3.05) is 11.9 Å². The zero-order valence-corrected chi connectivity index (χ0v) is 16.3. The summed E-state index contributed by atoms with van der Waals surface area (Å²) in [6.07, 6.45) is 5.54. The Balaban J connectivity index is 1.28. The third-order valence-electron chi connectivity index (χ3n) is 5.89. The van der Waals surface area contributed by atoms with Crippen molar-refractivity contribution in [1.82, 2.24) is 4.90 Å². The Labute approximate surface area is 169 Å². The van der Waals surface area contributed by atoms with Gasteiger partial charge >= 0.3 is 0 Å². The van der Waals surface area contributed by atoms with Gasteiger partial charge in [0.25, 0.3) is 11.7 Å². The number of carbonyl (C=O) groups excluding carboxylic acids is 2. The van der Waals surface area contributed by atoms with E-state index >= 15 is 0 Å². The first kappa shape index (κ1) is 18.0. The summed E-state index contributed by atoms with van der Waals surface area (Å²) >= 11 is 0. The summed E-state index contributed by atoms with van der Waals surface area (Å²) in [7, 11) is 0. The van der Waals surface area contributed by atoms with E-state index < -0.39 is 5.79 Å². The van der Waals surface area contributed by atoms with Crippen molar-refractivity contribution in [3.05, 3.63) is 53.6 Å². The normalized spacial score (nSPS) is 19.2. The van der Waals surface area contributed by atoms with Crippen LogP contribution in [0, 0.1) is 0 Å². The number of carbonyl (C=O) groups is 2. The van der Waals surface area contributed by atoms with Crippen LogP contribution < -0.4 is 14.8 Å². The van der Waals surface area contributed by atoms with Crippen LogP contribution in [0.15, 0.2) is 42.5 Å². The van der Waals surface area contributed by atoms with E-state index in [9.17, 15) is 9.59 Å². The number of fused-ring (bicyclic) bond motifs is 1. The molecule has 6 nitrogen and oxygen atoms in total. The standard InChI is InChI=1S/C23H24N2O4/c26-21-7-4-12-25(21)15-16-5-3-6-17(13-16)22(27)24-18-8-9-19-20(14-18)29-23(28-19)10-1-2-11-23/h3,5-6,8-9,13-14H,1-2,4,7,10-12,15H2,(H,24,27). The molecule has 6 heteroatoms. The van der Waals surface area contributed by atoms with E-state index in [0.29, 0.717) is 30.0 Å². The van der Waals surface area contributed by atoms with Crippen molar-refractivity contribution in [3.8, 4) is 11.5 Å². The van der Waals surface area contributed by atoms with Crippen LogP contribution >= 0.6 is 0 Å². The van der Waals surface area contributed by atoms with Crippen LogP contribution in [0.1, 0.15) is 54.4 Å². The van der Waals surface area contributed by atoms with Crippen molar-refractivity contribution < 1.29 is 19.1 Å². The Morgan fingerprint density at radius 2 is 1.86 bits per heavy atom. The monoisotopic (exact) mass is 392 g/mol. The van der Waals surface area contributed by atoms with E-state index in [1.807, 2.05) is 41.3 Å². The number of hydrogen-bond donors (Lipinski definition) is 1. The molecule has 2 aromatic carbocycles. The number of nitrogens with one attached hydrogen (secondary N) is 1. The summed E-state index contributed by atoms with van der Waals surface area (Å²) in [5.41, 5.74) is 2.20. The molecule has 1 saturated carbocycles. The van der Waals surface area contributed by atoms with Crippen LogP contribution in [-0.4, -0.2) is 29.0 Å². The van der Waals surface area contributed by atoms with Crippen LogP contribution in [0.2, 0.25) is 0 Å². The number of anilines is 1. The molecule has 0 aromatic heterocycles. The van der Waals surface area contributed by atoms with Gasteiger partial charge in [0.05, 0.1) is 0 Å². The molecule has 29 heavy (non-hydrogen) atoms. The fourth-order valence-electron chi connectivity index (χ4n) is 4.40. The van der Waals surface area contributed by atoms with Crippen LogP contribution in [0.5, 0.6) is 11.5 Å². The number of nitrogens with zero attached hydrogens (tertiary/aromatic N) is 1. The maximum Gasteiger partial charge on any atom is 0.255 e. The Bertz CT molecular complexity index is 965. The second kappa shape index (κ2) is 7.10. The lowest BCUT2D eigenvalue weighted by Crippen LogP contribution is -2.34. The molecule has 2 aliphatic heterocycles. The highest BCUT2D eigenvalue weighted by Gasteiger charge is 2.44. The molecule has 5 rings (SSSR count). The maximum absolute atomic E-state index is 12.8. The molecule has 0 radical (unpaired) electrons. The average molecular weight is 392 g/mol. The van der Waals surface area contributed by atoms with Crippen molar-refractivity contribution in [2.45, 2.75) is 50.9 Å². The number of rotatable bonds is 4. The van der Waals surface area contributed by atoms with E-state index in [1.54, 1.807) is 6.07 Å². The number of likely N-dealkylation sites (tertiary alicyclic amines) is 1. The minimum Gasteiger partial charge on any atom is -0.448 e. The topological polar surface area (TPSA) is 67.9 Å². The summed E-state index contributed by atoms with van der Waals surface area (Å²) in [4.78, 5) is 26.4. The van der Waals surface area contributed by atoms with Crippen molar-refractivity contribution in [2.24, 2.45) is 0 Å². The number of benzene rings is 2. The zero-order valence-electron chi connectivity index (χ0n) is 16.3. The molecule has 0 bridgehead atoms. The molecule has 1 spiro atoms.